The minimum Gasteiger partial charge on any atom is -0.484 e. The van der Waals surface area contributed by atoms with Crippen LogP contribution in [0.15, 0.2) is 53.4 Å². The van der Waals surface area contributed by atoms with E-state index in [1.54, 1.807) is 36.4 Å². The molecule has 2 aromatic carbocycles. The number of anilines is 1. The molecule has 0 saturated heterocycles. The highest BCUT2D eigenvalue weighted by molar-refractivity contribution is 7.89. The van der Waals surface area contributed by atoms with E-state index in [4.69, 9.17) is 4.74 Å². The molecule has 1 N–H and O–H groups in total. The minimum absolute atomic E-state index is 0.0791. The molecule has 0 aliphatic heterocycles. The van der Waals surface area contributed by atoms with Gasteiger partial charge < -0.3 is 10.1 Å². The van der Waals surface area contributed by atoms with Crippen molar-refractivity contribution in [2.24, 2.45) is 0 Å². The van der Waals surface area contributed by atoms with Gasteiger partial charge in [-0.15, -0.1) is 0 Å². The Morgan fingerprint density at radius 1 is 1.08 bits per heavy atom. The molecule has 2 aromatic rings. The van der Waals surface area contributed by atoms with E-state index >= 15 is 0 Å². The van der Waals surface area contributed by atoms with Crippen LogP contribution in [0.1, 0.15) is 17.3 Å². The largest absolute Gasteiger partial charge is 0.484 e. The second-order valence-corrected chi connectivity index (χ2v) is 7.89. The molecule has 0 radical (unpaired) electrons. The average Bonchev–Trinajstić information content (AvgIpc) is 2.60. The molecular formula is C18H20N2O5S. The van der Waals surface area contributed by atoms with Crippen LogP contribution in [0.25, 0.3) is 0 Å². The predicted octanol–water partition coefficient (Wildman–Crippen LogP) is 2.16. The number of carbonyl (C=O) groups is 2. The van der Waals surface area contributed by atoms with Crippen molar-refractivity contribution in [3.05, 3.63) is 54.1 Å². The molecule has 0 heterocycles. The first-order valence-corrected chi connectivity index (χ1v) is 9.20. The number of hydrogen-bond acceptors (Lipinski definition) is 5. The third-order valence-corrected chi connectivity index (χ3v) is 5.32. The normalized spacial score (nSPS) is 11.2. The fourth-order valence-electron chi connectivity index (χ4n) is 2.10. The van der Waals surface area contributed by atoms with Crippen LogP contribution in [0.2, 0.25) is 0 Å². The smallest absolute Gasteiger partial charge is 0.262 e. The molecule has 0 atom stereocenters. The monoisotopic (exact) mass is 376 g/mol. The first-order chi connectivity index (χ1) is 12.2. The lowest BCUT2D eigenvalue weighted by Gasteiger charge is -2.13. The molecule has 0 spiro atoms. The highest BCUT2D eigenvalue weighted by Gasteiger charge is 2.17. The Labute approximate surface area is 152 Å². The second kappa shape index (κ2) is 8.11. The van der Waals surface area contributed by atoms with Crippen molar-refractivity contribution in [2.75, 3.05) is 26.0 Å². The molecule has 7 nitrogen and oxygen atoms in total. The van der Waals surface area contributed by atoms with E-state index in [1.165, 1.54) is 33.2 Å². The highest BCUT2D eigenvalue weighted by Crippen LogP contribution is 2.18. The Morgan fingerprint density at radius 3 is 2.42 bits per heavy atom. The number of carbonyl (C=O) groups excluding carboxylic acids is 2. The molecule has 0 fully saturated rings. The standard InChI is InChI=1S/C18H20N2O5S/c1-13(21)14-6-4-8-16(10-14)25-12-18(22)19-15-7-5-9-17(11-15)26(23,24)20(2)3/h4-11H,12H2,1-3H3,(H,19,22). The Morgan fingerprint density at radius 2 is 1.77 bits per heavy atom. The van der Waals surface area contributed by atoms with E-state index < -0.39 is 15.9 Å². The number of sulfonamides is 1. The van der Waals surface area contributed by atoms with Gasteiger partial charge in [-0.3, -0.25) is 9.59 Å². The SMILES string of the molecule is CC(=O)c1cccc(OCC(=O)Nc2cccc(S(=O)(=O)N(C)C)c2)c1. The topological polar surface area (TPSA) is 92.8 Å². The van der Waals surface area contributed by atoms with Gasteiger partial charge in [0.1, 0.15) is 5.75 Å². The number of amides is 1. The van der Waals surface area contributed by atoms with Crippen LogP contribution >= 0.6 is 0 Å². The van der Waals surface area contributed by atoms with Gasteiger partial charge in [-0.05, 0) is 37.3 Å². The number of hydrogen-bond donors (Lipinski definition) is 1. The average molecular weight is 376 g/mol. The van der Waals surface area contributed by atoms with Crippen molar-refractivity contribution >= 4 is 27.4 Å². The summed E-state index contributed by atoms with van der Waals surface area (Å²) in [5.41, 5.74) is 0.837. The number of nitrogens with zero attached hydrogens (tertiary/aromatic N) is 1. The van der Waals surface area contributed by atoms with Crippen LogP contribution in [-0.2, 0) is 14.8 Å². The molecule has 1 amide bonds. The Balaban J connectivity index is 2.02. The van der Waals surface area contributed by atoms with Crippen LogP contribution in [0, 0.1) is 0 Å². The Hall–Kier alpha value is -2.71. The lowest BCUT2D eigenvalue weighted by molar-refractivity contribution is -0.118. The first kappa shape index (κ1) is 19.6. The van der Waals surface area contributed by atoms with E-state index in [2.05, 4.69) is 5.32 Å². The summed E-state index contributed by atoms with van der Waals surface area (Å²) in [5.74, 6) is -0.145. The van der Waals surface area contributed by atoms with Crippen molar-refractivity contribution < 1.29 is 22.7 Å². The molecule has 8 heteroatoms. The van der Waals surface area contributed by atoms with E-state index in [1.807, 2.05) is 0 Å². The van der Waals surface area contributed by atoms with E-state index in [-0.39, 0.29) is 17.3 Å². The van der Waals surface area contributed by atoms with Gasteiger partial charge in [0.15, 0.2) is 12.4 Å². The van der Waals surface area contributed by atoms with Crippen LogP contribution in [-0.4, -0.2) is 45.1 Å². The van der Waals surface area contributed by atoms with Gasteiger partial charge in [0.2, 0.25) is 10.0 Å². The quantitative estimate of drug-likeness (QED) is 0.748. The third-order valence-electron chi connectivity index (χ3n) is 3.51. The zero-order valence-corrected chi connectivity index (χ0v) is 15.5. The number of rotatable bonds is 7. The van der Waals surface area contributed by atoms with Crippen LogP contribution < -0.4 is 10.1 Å². The zero-order valence-electron chi connectivity index (χ0n) is 14.7. The van der Waals surface area contributed by atoms with E-state index in [0.717, 1.165) is 4.31 Å². The number of Topliss-reactive ketones (excluding diaryl/α,β-unsaturated/α-hetero) is 1. The summed E-state index contributed by atoms with van der Waals surface area (Å²) >= 11 is 0. The van der Waals surface area contributed by atoms with Crippen molar-refractivity contribution in [1.82, 2.24) is 4.31 Å². The molecule has 2 rings (SSSR count). The predicted molar refractivity (Wildman–Crippen MR) is 97.9 cm³/mol. The lowest BCUT2D eigenvalue weighted by atomic mass is 10.1. The molecule has 138 valence electrons. The van der Waals surface area contributed by atoms with E-state index in [9.17, 15) is 18.0 Å². The first-order valence-electron chi connectivity index (χ1n) is 7.76. The second-order valence-electron chi connectivity index (χ2n) is 5.74. The summed E-state index contributed by atoms with van der Waals surface area (Å²) in [4.78, 5) is 23.5. The van der Waals surface area contributed by atoms with Crippen molar-refractivity contribution in [2.45, 2.75) is 11.8 Å². The molecule has 0 unspecified atom stereocenters. The van der Waals surface area contributed by atoms with Gasteiger partial charge in [-0.1, -0.05) is 18.2 Å². The van der Waals surface area contributed by atoms with Gasteiger partial charge >= 0.3 is 0 Å². The minimum atomic E-state index is -3.58. The van der Waals surface area contributed by atoms with Crippen molar-refractivity contribution in [3.8, 4) is 5.75 Å². The summed E-state index contributed by atoms with van der Waals surface area (Å²) in [6.07, 6.45) is 0. The Bertz CT molecular complexity index is 923. The van der Waals surface area contributed by atoms with Crippen LogP contribution in [0.3, 0.4) is 0 Å². The van der Waals surface area contributed by atoms with Crippen LogP contribution in [0.4, 0.5) is 5.69 Å². The van der Waals surface area contributed by atoms with Gasteiger partial charge in [0.05, 0.1) is 4.90 Å². The molecule has 26 heavy (non-hydrogen) atoms. The maximum atomic E-state index is 12.1. The van der Waals surface area contributed by atoms with Crippen molar-refractivity contribution in [1.29, 1.82) is 0 Å². The molecule has 0 aliphatic carbocycles. The summed E-state index contributed by atoms with van der Waals surface area (Å²) in [7, 11) is -0.716. The summed E-state index contributed by atoms with van der Waals surface area (Å²) in [6, 6.07) is 12.5. The van der Waals surface area contributed by atoms with E-state index in [0.29, 0.717) is 17.0 Å². The number of ether oxygens (including phenoxy) is 1. The summed E-state index contributed by atoms with van der Waals surface area (Å²) in [5, 5.41) is 2.59. The molecule has 0 bridgehead atoms. The molecule has 0 aromatic heterocycles. The number of nitrogens with one attached hydrogen (secondary N) is 1. The fraction of sp³-hybridized carbons (Fsp3) is 0.222. The van der Waals surface area contributed by atoms with Crippen molar-refractivity contribution in [3.63, 3.8) is 0 Å². The summed E-state index contributed by atoms with van der Waals surface area (Å²) in [6.45, 7) is 1.17. The maximum absolute atomic E-state index is 12.1. The maximum Gasteiger partial charge on any atom is 0.262 e. The number of benzene rings is 2. The molecular weight excluding hydrogens is 356 g/mol. The van der Waals surface area contributed by atoms with Crippen LogP contribution in [0.5, 0.6) is 5.75 Å². The van der Waals surface area contributed by atoms with Gasteiger partial charge in [-0.2, -0.15) is 0 Å². The molecule has 0 saturated carbocycles. The summed E-state index contributed by atoms with van der Waals surface area (Å²) < 4.78 is 30.7. The number of ketones is 1. The highest BCUT2D eigenvalue weighted by atomic mass is 32.2. The zero-order chi connectivity index (χ0) is 19.3. The van der Waals surface area contributed by atoms with Gasteiger partial charge in [0, 0.05) is 25.3 Å². The third kappa shape index (κ3) is 4.90. The Kier molecular flexibility index (Phi) is 6.12. The van der Waals surface area contributed by atoms with Gasteiger partial charge in [0.25, 0.3) is 5.91 Å². The lowest BCUT2D eigenvalue weighted by Crippen LogP contribution is -2.23. The van der Waals surface area contributed by atoms with Gasteiger partial charge in [-0.25, -0.2) is 12.7 Å². The molecule has 0 aliphatic rings. The fourth-order valence-corrected chi connectivity index (χ4v) is 3.04.